The van der Waals surface area contributed by atoms with E-state index in [1.54, 1.807) is 9.58 Å². The first-order valence-electron chi connectivity index (χ1n) is 12.8. The maximum absolute atomic E-state index is 13.7. The molecule has 208 valence electrons. The zero-order chi connectivity index (χ0) is 28.5. The second kappa shape index (κ2) is 10.6. The smallest absolute Gasteiger partial charge is 0.346 e. The van der Waals surface area contributed by atoms with Gasteiger partial charge in [-0.1, -0.05) is 24.3 Å². The summed E-state index contributed by atoms with van der Waals surface area (Å²) in [5.41, 5.74) is 9.14. The maximum atomic E-state index is 13.7. The Hall–Kier alpha value is -5.40. The minimum Gasteiger partial charge on any atom is -0.496 e. The summed E-state index contributed by atoms with van der Waals surface area (Å²) < 4.78 is 21.8. The average Bonchev–Trinajstić information content (AvgIpc) is 3.64. The zero-order valence-electron chi connectivity index (χ0n) is 21.9. The molecule has 1 atom stereocenters. The minimum absolute atomic E-state index is 0.0958. The first-order valence-corrected chi connectivity index (χ1v) is 12.8. The van der Waals surface area contributed by atoms with Crippen molar-refractivity contribution in [2.75, 3.05) is 19.4 Å². The van der Waals surface area contributed by atoms with Gasteiger partial charge >= 0.3 is 6.03 Å². The summed E-state index contributed by atoms with van der Waals surface area (Å²) in [7, 11) is 1.42. The van der Waals surface area contributed by atoms with Crippen LogP contribution in [0, 0.1) is 5.82 Å². The highest BCUT2D eigenvalue weighted by atomic mass is 19.1. The van der Waals surface area contributed by atoms with E-state index < -0.39 is 11.7 Å². The number of nitrogen functional groups attached to an aromatic ring is 1. The molecule has 0 bridgehead atoms. The first kappa shape index (κ1) is 25.9. The molecule has 6 rings (SSSR count). The van der Waals surface area contributed by atoms with E-state index in [-0.39, 0.29) is 29.9 Å². The molecule has 2 aromatic carbocycles. The van der Waals surface area contributed by atoms with Crippen LogP contribution in [0.15, 0.2) is 61.4 Å². The van der Waals surface area contributed by atoms with Crippen LogP contribution in [0.5, 0.6) is 5.75 Å². The molecule has 4 heterocycles. The molecule has 0 radical (unpaired) electrons. The van der Waals surface area contributed by atoms with Crippen molar-refractivity contribution in [2.45, 2.75) is 25.6 Å². The van der Waals surface area contributed by atoms with Crippen LogP contribution in [-0.2, 0) is 13.1 Å². The molecule has 3 aromatic heterocycles. The number of nitrogens with one attached hydrogen (secondary N) is 1. The summed E-state index contributed by atoms with van der Waals surface area (Å²) in [6, 6.07) is 10.9. The summed E-state index contributed by atoms with van der Waals surface area (Å²) in [4.78, 5) is 39.5. The van der Waals surface area contributed by atoms with E-state index in [0.29, 0.717) is 35.6 Å². The fourth-order valence-electron chi connectivity index (χ4n) is 4.80. The van der Waals surface area contributed by atoms with Crippen LogP contribution in [0.3, 0.4) is 0 Å². The Morgan fingerprint density at radius 1 is 1.15 bits per heavy atom. The van der Waals surface area contributed by atoms with Gasteiger partial charge in [0.05, 0.1) is 30.6 Å². The molecule has 3 N–H and O–H groups in total. The summed E-state index contributed by atoms with van der Waals surface area (Å²) in [6.45, 7) is 1.24. The molecular formula is C27H25FN10O3. The molecule has 0 aliphatic carbocycles. The Kier molecular flexibility index (Phi) is 6.71. The topological polar surface area (TPSA) is 159 Å². The SMILES string of the molecule is COc1ccc(F)cc1C(=O)NCc1ccc(-c2nn(C[C@@H]3CCN3C(=O)n3cncn3)c3ncnc(N)c23)cc1. The lowest BCUT2D eigenvalue weighted by Crippen LogP contribution is -2.54. The van der Waals surface area contributed by atoms with E-state index >= 15 is 0 Å². The number of carbonyl (C=O) groups excluding carboxylic acids is 2. The Bertz CT molecular complexity index is 1740. The average molecular weight is 557 g/mol. The van der Waals surface area contributed by atoms with Crippen molar-refractivity contribution in [1.82, 2.24) is 44.7 Å². The van der Waals surface area contributed by atoms with Crippen molar-refractivity contribution < 1.29 is 18.7 Å². The van der Waals surface area contributed by atoms with Gasteiger partial charge in [-0.15, -0.1) is 0 Å². The summed E-state index contributed by atoms with van der Waals surface area (Å²) in [5.74, 6) is -0.399. The highest BCUT2D eigenvalue weighted by molar-refractivity contribution is 5.98. The van der Waals surface area contributed by atoms with Crippen molar-refractivity contribution in [2.24, 2.45) is 0 Å². The van der Waals surface area contributed by atoms with Crippen LogP contribution in [0.1, 0.15) is 22.3 Å². The van der Waals surface area contributed by atoms with Gasteiger partial charge in [-0.25, -0.2) is 28.8 Å². The van der Waals surface area contributed by atoms with Crippen LogP contribution >= 0.6 is 0 Å². The predicted octanol–water partition coefficient (Wildman–Crippen LogP) is 2.49. The van der Waals surface area contributed by atoms with Crippen LogP contribution in [0.4, 0.5) is 15.0 Å². The number of halogens is 1. The van der Waals surface area contributed by atoms with Gasteiger partial charge in [0.25, 0.3) is 5.91 Å². The minimum atomic E-state index is -0.526. The van der Waals surface area contributed by atoms with Gasteiger partial charge in [0.1, 0.15) is 42.1 Å². The molecule has 13 nitrogen and oxygen atoms in total. The number of amides is 2. The molecule has 0 unspecified atom stereocenters. The number of benzene rings is 2. The van der Waals surface area contributed by atoms with Gasteiger partial charge in [0.15, 0.2) is 5.65 Å². The number of likely N-dealkylation sites (tertiary alicyclic amines) is 1. The van der Waals surface area contributed by atoms with Gasteiger partial charge in [-0.05, 0) is 30.2 Å². The fraction of sp³-hybridized carbons (Fsp3) is 0.222. The van der Waals surface area contributed by atoms with E-state index in [1.165, 1.54) is 42.9 Å². The number of ether oxygens (including phenoxy) is 1. The van der Waals surface area contributed by atoms with Gasteiger partial charge in [-0.2, -0.15) is 14.9 Å². The quantitative estimate of drug-likeness (QED) is 0.307. The van der Waals surface area contributed by atoms with Gasteiger partial charge in [-0.3, -0.25) is 4.79 Å². The fourth-order valence-corrected chi connectivity index (χ4v) is 4.80. The van der Waals surface area contributed by atoms with Crippen molar-refractivity contribution in [3.8, 4) is 17.0 Å². The molecule has 2 amide bonds. The van der Waals surface area contributed by atoms with Gasteiger partial charge in [0.2, 0.25) is 0 Å². The number of anilines is 1. The van der Waals surface area contributed by atoms with Crippen LogP contribution in [-0.4, -0.2) is 71.0 Å². The maximum Gasteiger partial charge on any atom is 0.346 e. The Morgan fingerprint density at radius 2 is 1.98 bits per heavy atom. The van der Waals surface area contributed by atoms with E-state index in [4.69, 9.17) is 15.6 Å². The normalized spacial score (nSPS) is 14.6. The van der Waals surface area contributed by atoms with E-state index in [9.17, 15) is 14.0 Å². The van der Waals surface area contributed by atoms with Crippen molar-refractivity contribution in [3.05, 3.63) is 78.4 Å². The third-order valence-corrected chi connectivity index (χ3v) is 7.03. The predicted molar refractivity (Wildman–Crippen MR) is 145 cm³/mol. The van der Waals surface area contributed by atoms with Crippen molar-refractivity contribution in [3.63, 3.8) is 0 Å². The number of rotatable bonds is 7. The molecule has 14 heteroatoms. The highest BCUT2D eigenvalue weighted by Crippen LogP contribution is 2.31. The number of hydrogen-bond donors (Lipinski definition) is 2. The van der Waals surface area contributed by atoms with Crippen molar-refractivity contribution >= 4 is 28.8 Å². The standard InChI is InChI=1S/C27H25FN10O3/c1-41-21-7-6-18(28)10-20(21)26(39)31-11-16-2-4-17(5-3-16)23-22-24(29)32-14-33-25(22)37(35-23)12-19-8-9-36(19)27(40)38-15-30-13-34-38/h2-7,10,13-15,19H,8-9,11-12H2,1H3,(H,31,39)(H2,29,32,33)/t19-/m0/s1. The number of aromatic nitrogens is 7. The number of hydrogen-bond acceptors (Lipinski definition) is 9. The van der Waals surface area contributed by atoms with Crippen LogP contribution < -0.4 is 15.8 Å². The van der Waals surface area contributed by atoms with E-state index in [0.717, 1.165) is 23.6 Å². The molecule has 1 aliphatic rings. The Morgan fingerprint density at radius 3 is 2.68 bits per heavy atom. The number of methoxy groups -OCH3 is 1. The molecule has 1 aliphatic heterocycles. The van der Waals surface area contributed by atoms with Crippen molar-refractivity contribution in [1.29, 1.82) is 0 Å². The molecule has 41 heavy (non-hydrogen) atoms. The molecule has 1 fully saturated rings. The van der Waals surface area contributed by atoms with Gasteiger partial charge in [0, 0.05) is 18.7 Å². The second-order valence-corrected chi connectivity index (χ2v) is 9.47. The Labute approximate surface area is 232 Å². The van der Waals surface area contributed by atoms with E-state index in [1.807, 2.05) is 24.3 Å². The number of carbonyl (C=O) groups is 2. The summed E-state index contributed by atoms with van der Waals surface area (Å²) in [6.07, 6.45) is 4.89. The molecular weight excluding hydrogens is 531 g/mol. The van der Waals surface area contributed by atoms with E-state index in [2.05, 4.69) is 25.4 Å². The lowest BCUT2D eigenvalue weighted by atomic mass is 10.0. The molecule has 0 spiro atoms. The van der Waals surface area contributed by atoms with Gasteiger partial charge < -0.3 is 20.7 Å². The number of fused-ring (bicyclic) bond motifs is 1. The Balaban J connectivity index is 1.20. The molecule has 0 saturated carbocycles. The van der Waals surface area contributed by atoms with Crippen LogP contribution in [0.2, 0.25) is 0 Å². The lowest BCUT2D eigenvalue weighted by Gasteiger charge is -2.40. The molecule has 1 saturated heterocycles. The number of nitrogens with two attached hydrogens (primary N) is 1. The highest BCUT2D eigenvalue weighted by Gasteiger charge is 2.34. The monoisotopic (exact) mass is 556 g/mol. The number of nitrogens with zero attached hydrogens (tertiary/aromatic N) is 8. The first-order chi connectivity index (χ1) is 19.9. The third kappa shape index (κ3) is 4.90. The zero-order valence-corrected chi connectivity index (χ0v) is 21.9. The lowest BCUT2D eigenvalue weighted by molar-refractivity contribution is 0.0947. The summed E-state index contributed by atoms with van der Waals surface area (Å²) >= 11 is 0. The van der Waals surface area contributed by atoms with Crippen LogP contribution in [0.25, 0.3) is 22.3 Å². The third-order valence-electron chi connectivity index (χ3n) is 7.03. The second-order valence-electron chi connectivity index (χ2n) is 9.47. The molecule has 5 aromatic rings. The largest absolute Gasteiger partial charge is 0.496 e. The summed E-state index contributed by atoms with van der Waals surface area (Å²) in [5, 5.41) is 12.1.